The second-order valence-corrected chi connectivity index (χ2v) is 9.23. The minimum Gasteiger partial charge on any atom is -0.472 e. The van der Waals surface area contributed by atoms with E-state index in [0.29, 0.717) is 17.7 Å². The average molecular weight is 372 g/mol. The first-order valence-electron chi connectivity index (χ1n) is 10.8. The van der Waals surface area contributed by atoms with Crippen LogP contribution >= 0.6 is 0 Å². The number of hydrogen-bond donors (Lipinski definition) is 0. The van der Waals surface area contributed by atoms with E-state index in [0.717, 1.165) is 51.6 Å². The van der Waals surface area contributed by atoms with E-state index in [1.165, 1.54) is 17.6 Å². The van der Waals surface area contributed by atoms with Crippen LogP contribution in [0.5, 0.6) is 0 Å². The fourth-order valence-electron chi connectivity index (χ4n) is 6.36. The topological polar surface area (TPSA) is 33.5 Å². The summed E-state index contributed by atoms with van der Waals surface area (Å²) >= 11 is 0. The molecule has 1 aromatic heterocycles. The summed E-state index contributed by atoms with van der Waals surface area (Å²) in [6, 6.07) is 2.07. The fourth-order valence-corrected chi connectivity index (χ4v) is 6.36. The third-order valence-corrected chi connectivity index (χ3v) is 7.86. The minimum atomic E-state index is -0.229. The predicted octanol–water partition coefficient (Wildman–Crippen LogP) is 5.86. The first-order chi connectivity index (χ1) is 12.9. The number of carbonyl (C=O) groups is 1. The molecule has 1 amide bonds. The highest BCUT2D eigenvalue weighted by Gasteiger charge is 2.57. The van der Waals surface area contributed by atoms with Gasteiger partial charge >= 0.3 is 0 Å². The zero-order valence-electron chi connectivity index (χ0n) is 17.7. The summed E-state index contributed by atoms with van der Waals surface area (Å²) < 4.78 is 5.26. The number of aryl methyl sites for hydroxylation is 1. The average Bonchev–Trinajstić information content (AvgIpc) is 3.15. The maximum Gasteiger partial charge on any atom is 0.228 e. The number of carbonyl (C=O) groups excluding carboxylic acids is 1. The first-order valence-corrected chi connectivity index (χ1v) is 10.8. The lowest BCUT2D eigenvalue weighted by atomic mass is 9.46. The van der Waals surface area contributed by atoms with Crippen molar-refractivity contribution in [3.8, 4) is 0 Å². The molecule has 2 aliphatic carbocycles. The van der Waals surface area contributed by atoms with Gasteiger partial charge in [0, 0.05) is 18.5 Å². The first kappa shape index (κ1) is 20.2. The van der Waals surface area contributed by atoms with Crippen molar-refractivity contribution < 1.29 is 9.21 Å². The molecule has 1 heterocycles. The number of allylic oxidation sites excluding steroid dienone is 1. The van der Waals surface area contributed by atoms with Gasteiger partial charge in [0.15, 0.2) is 0 Å². The van der Waals surface area contributed by atoms with Crippen molar-refractivity contribution in [2.45, 2.75) is 72.6 Å². The lowest BCUT2D eigenvalue weighted by Crippen LogP contribution is -2.56. The van der Waals surface area contributed by atoms with Crippen molar-refractivity contribution in [3.05, 3.63) is 36.3 Å². The summed E-state index contributed by atoms with van der Waals surface area (Å²) in [6.45, 7) is 15.0. The van der Waals surface area contributed by atoms with E-state index in [2.05, 4.69) is 45.2 Å². The quantitative estimate of drug-likeness (QED) is 0.587. The molecular formula is C24H37NO2. The molecule has 0 aromatic carbocycles. The summed E-state index contributed by atoms with van der Waals surface area (Å²) in [5.74, 6) is 1.33. The van der Waals surface area contributed by atoms with Crippen LogP contribution in [0.3, 0.4) is 0 Å². The summed E-state index contributed by atoms with van der Waals surface area (Å²) in [7, 11) is 0. The molecule has 0 saturated heterocycles. The number of amides is 1. The molecule has 3 heteroatoms. The SMILES string of the molecule is C=C1CC[C@H]2[C@@](C)(CCC[C@]2(C)C(=O)N(CC)CC)[C@@H]1CCc1ccoc1. The van der Waals surface area contributed by atoms with Gasteiger partial charge in [0.25, 0.3) is 0 Å². The molecule has 0 aliphatic heterocycles. The molecule has 0 radical (unpaired) electrons. The van der Waals surface area contributed by atoms with Gasteiger partial charge in [-0.05, 0) is 81.3 Å². The molecule has 0 spiro atoms. The Bertz CT molecular complexity index is 660. The van der Waals surface area contributed by atoms with Crippen LogP contribution in [0.25, 0.3) is 0 Å². The second kappa shape index (κ2) is 7.85. The van der Waals surface area contributed by atoms with Crippen LogP contribution in [-0.2, 0) is 11.2 Å². The third kappa shape index (κ3) is 3.50. The Balaban J connectivity index is 1.87. The molecule has 2 saturated carbocycles. The van der Waals surface area contributed by atoms with E-state index in [4.69, 9.17) is 4.42 Å². The summed E-state index contributed by atoms with van der Waals surface area (Å²) in [5.41, 5.74) is 2.62. The van der Waals surface area contributed by atoms with Crippen LogP contribution in [0.15, 0.2) is 35.2 Å². The Labute approximate surface area is 165 Å². The van der Waals surface area contributed by atoms with Crippen molar-refractivity contribution in [2.24, 2.45) is 22.7 Å². The standard InChI is InChI=1S/C24H37NO2/c1-6-25(7-2)22(26)24(5)15-8-14-23(4)20(18(3)9-12-21(23)24)11-10-19-13-16-27-17-19/h13,16-17,20-21H,3,6-12,14-15H2,1-2,4-5H3/t20-,21+,23+,24+/m1/s1. The number of hydrogen-bond acceptors (Lipinski definition) is 2. The molecule has 27 heavy (non-hydrogen) atoms. The molecule has 2 aliphatic rings. The van der Waals surface area contributed by atoms with Gasteiger partial charge in [-0.2, -0.15) is 0 Å². The third-order valence-electron chi connectivity index (χ3n) is 7.86. The van der Waals surface area contributed by atoms with Crippen LogP contribution in [0.2, 0.25) is 0 Å². The Morgan fingerprint density at radius 3 is 2.67 bits per heavy atom. The van der Waals surface area contributed by atoms with Crippen molar-refractivity contribution in [3.63, 3.8) is 0 Å². The summed E-state index contributed by atoms with van der Waals surface area (Å²) in [5, 5.41) is 0. The number of furan rings is 1. The van der Waals surface area contributed by atoms with Crippen LogP contribution in [0.1, 0.15) is 71.8 Å². The van der Waals surface area contributed by atoms with Gasteiger partial charge in [0.1, 0.15) is 0 Å². The van der Waals surface area contributed by atoms with E-state index in [-0.39, 0.29) is 10.8 Å². The minimum absolute atomic E-state index is 0.175. The van der Waals surface area contributed by atoms with Gasteiger partial charge in [-0.25, -0.2) is 0 Å². The monoisotopic (exact) mass is 371 g/mol. The molecule has 3 rings (SSSR count). The maximum absolute atomic E-state index is 13.5. The van der Waals surface area contributed by atoms with Crippen LogP contribution in [-0.4, -0.2) is 23.9 Å². The lowest BCUT2D eigenvalue weighted by Gasteiger charge is -2.58. The van der Waals surface area contributed by atoms with E-state index < -0.39 is 0 Å². The lowest BCUT2D eigenvalue weighted by molar-refractivity contribution is -0.157. The van der Waals surface area contributed by atoms with Crippen molar-refractivity contribution >= 4 is 5.91 Å². The number of fused-ring (bicyclic) bond motifs is 1. The predicted molar refractivity (Wildman–Crippen MR) is 110 cm³/mol. The van der Waals surface area contributed by atoms with E-state index >= 15 is 0 Å². The van der Waals surface area contributed by atoms with E-state index in [9.17, 15) is 4.79 Å². The molecule has 0 unspecified atom stereocenters. The molecule has 2 fully saturated rings. The molecule has 150 valence electrons. The molecule has 0 N–H and O–H groups in total. The van der Waals surface area contributed by atoms with Gasteiger partial charge in [-0.15, -0.1) is 0 Å². The molecular weight excluding hydrogens is 334 g/mol. The number of nitrogens with zero attached hydrogens (tertiary/aromatic N) is 1. The largest absolute Gasteiger partial charge is 0.472 e. The highest BCUT2D eigenvalue weighted by atomic mass is 16.3. The zero-order chi connectivity index (χ0) is 19.7. The van der Waals surface area contributed by atoms with Crippen LogP contribution in [0.4, 0.5) is 0 Å². The van der Waals surface area contributed by atoms with Gasteiger partial charge in [0.05, 0.1) is 12.5 Å². The van der Waals surface area contributed by atoms with E-state index in [1.54, 1.807) is 6.26 Å². The Kier molecular flexibility index (Phi) is 5.88. The maximum atomic E-state index is 13.5. The normalized spacial score (nSPS) is 33.6. The van der Waals surface area contributed by atoms with Crippen LogP contribution < -0.4 is 0 Å². The van der Waals surface area contributed by atoms with Crippen LogP contribution in [0, 0.1) is 22.7 Å². The summed E-state index contributed by atoms with van der Waals surface area (Å²) in [4.78, 5) is 15.6. The molecule has 0 bridgehead atoms. The Morgan fingerprint density at radius 2 is 2.04 bits per heavy atom. The smallest absolute Gasteiger partial charge is 0.228 e. The second-order valence-electron chi connectivity index (χ2n) is 9.23. The Hall–Kier alpha value is -1.51. The van der Waals surface area contributed by atoms with Crippen molar-refractivity contribution in [1.29, 1.82) is 0 Å². The Morgan fingerprint density at radius 1 is 1.30 bits per heavy atom. The molecule has 3 nitrogen and oxygen atoms in total. The zero-order valence-corrected chi connectivity index (χ0v) is 17.7. The van der Waals surface area contributed by atoms with Crippen molar-refractivity contribution in [1.82, 2.24) is 4.90 Å². The van der Waals surface area contributed by atoms with Gasteiger partial charge in [-0.3, -0.25) is 4.79 Å². The van der Waals surface area contributed by atoms with E-state index in [1.807, 2.05) is 6.26 Å². The van der Waals surface area contributed by atoms with Gasteiger partial charge in [0.2, 0.25) is 5.91 Å². The van der Waals surface area contributed by atoms with Gasteiger partial charge in [-0.1, -0.05) is 32.4 Å². The highest BCUT2D eigenvalue weighted by Crippen LogP contribution is 2.62. The summed E-state index contributed by atoms with van der Waals surface area (Å²) in [6.07, 6.45) is 11.3. The van der Waals surface area contributed by atoms with Gasteiger partial charge < -0.3 is 9.32 Å². The highest BCUT2D eigenvalue weighted by molar-refractivity contribution is 5.83. The van der Waals surface area contributed by atoms with Crippen molar-refractivity contribution in [2.75, 3.05) is 13.1 Å². The number of rotatable bonds is 6. The molecule has 4 atom stereocenters. The molecule has 1 aromatic rings. The fraction of sp³-hybridized carbons (Fsp3) is 0.708.